The molecule has 6 amide bonds. The lowest BCUT2D eigenvalue weighted by Crippen LogP contribution is -2.63. The Kier molecular flexibility index (Phi) is 28.8. The predicted molar refractivity (Wildman–Crippen MR) is 372 cm³/mol. The molecule has 2 aliphatic carbocycles. The van der Waals surface area contributed by atoms with E-state index in [1.54, 1.807) is 6.92 Å². The number of likely N-dealkylation sites (tertiary alicyclic amines) is 2. The Labute approximate surface area is 601 Å². The molecule has 0 spiro atoms. The fourth-order valence-corrected chi connectivity index (χ4v) is 15.5. The van der Waals surface area contributed by atoms with E-state index in [2.05, 4.69) is 45.9 Å². The van der Waals surface area contributed by atoms with Crippen LogP contribution in [0, 0.1) is 11.8 Å². The molecule has 0 radical (unpaired) electrons. The molecule has 5 fully saturated rings. The molecule has 568 valence electrons. The number of aromatic hydroxyl groups is 1. The summed E-state index contributed by atoms with van der Waals surface area (Å²) in [5.41, 5.74) is 2.68. The van der Waals surface area contributed by atoms with Gasteiger partial charge in [0, 0.05) is 87.5 Å². The van der Waals surface area contributed by atoms with Crippen molar-refractivity contribution in [2.24, 2.45) is 11.8 Å². The van der Waals surface area contributed by atoms with E-state index in [1.165, 1.54) is 60.3 Å². The molecule has 2 aromatic heterocycles. The van der Waals surface area contributed by atoms with Crippen LogP contribution < -0.4 is 35.7 Å². The molecule has 33 nitrogen and oxygen atoms in total. The zero-order valence-electron chi connectivity index (χ0n) is 58.0. The molecule has 0 bridgehead atoms. The van der Waals surface area contributed by atoms with Crippen molar-refractivity contribution in [2.75, 3.05) is 70.5 Å². The molecule has 3 saturated heterocycles. The van der Waals surface area contributed by atoms with E-state index in [4.69, 9.17) is 14.7 Å². The number of hydrogen-bond donors (Lipinski definition) is 15. The number of phenols is 1. The second-order valence-corrected chi connectivity index (χ2v) is 29.8. The van der Waals surface area contributed by atoms with E-state index in [9.17, 15) is 87.7 Å². The van der Waals surface area contributed by atoms with Crippen molar-refractivity contribution < 1.29 is 96.6 Å². The van der Waals surface area contributed by atoms with Gasteiger partial charge in [-0.05, 0) is 107 Å². The molecule has 103 heavy (non-hydrogen) atoms. The second-order valence-electron chi connectivity index (χ2n) is 27.8. The van der Waals surface area contributed by atoms with Crippen molar-refractivity contribution in [1.29, 1.82) is 0 Å². The minimum Gasteiger partial charge on any atom is -0.504 e. The average Bonchev–Trinajstić information content (AvgIpc) is 1.73. The van der Waals surface area contributed by atoms with E-state index in [0.717, 1.165) is 82.5 Å². The number of piperidine rings is 1. The van der Waals surface area contributed by atoms with Gasteiger partial charge in [-0.15, -0.1) is 10.2 Å². The molecule has 15 N–H and O–H groups in total. The maximum Gasteiger partial charge on any atom is 0.446 e. The summed E-state index contributed by atoms with van der Waals surface area (Å²) in [5, 5.41) is 121. The Morgan fingerprint density at radius 3 is 2.06 bits per heavy atom. The fourth-order valence-electron chi connectivity index (χ4n) is 14.1. The molecule has 35 heteroatoms. The number of rotatable bonds is 34. The smallest absolute Gasteiger partial charge is 0.446 e. The van der Waals surface area contributed by atoms with Gasteiger partial charge in [0.05, 0.1) is 74.6 Å². The van der Waals surface area contributed by atoms with Crippen LogP contribution >= 0.6 is 11.3 Å². The molecule has 0 unspecified atom stereocenters. The number of aliphatic hydroxyl groups excluding tert-OH is 8. The van der Waals surface area contributed by atoms with Gasteiger partial charge < -0.3 is 96.2 Å². The number of hydrogen-bond acceptors (Lipinski definition) is 27. The minimum absolute atomic E-state index is 0.00857. The zero-order chi connectivity index (χ0) is 74.2. The number of carbonyl (C=O) groups is 6. The normalized spacial score (nSPS) is 23.1. The molecular formula is C68H99N13O20S2. The molecule has 5 heterocycles. The Hall–Kier alpha value is -7.23. The average molecular weight is 1480 g/mol. The van der Waals surface area contributed by atoms with Crippen LogP contribution in [0.1, 0.15) is 121 Å². The molecule has 5 aliphatic rings. The van der Waals surface area contributed by atoms with Gasteiger partial charge in [-0.1, -0.05) is 67.9 Å². The topological polar surface area (TPSA) is 482 Å². The van der Waals surface area contributed by atoms with Crippen LogP contribution in [0.5, 0.6) is 11.5 Å². The number of aliphatic hydroxyl groups is 8. The first-order chi connectivity index (χ1) is 49.2. The summed E-state index contributed by atoms with van der Waals surface area (Å²) in [4.78, 5) is 99.5. The third-order valence-electron chi connectivity index (χ3n) is 20.2. The van der Waals surface area contributed by atoms with Crippen molar-refractivity contribution in [1.82, 2.24) is 61.4 Å². The Bertz CT molecular complexity index is 3550. The third kappa shape index (κ3) is 21.7. The lowest BCUT2D eigenvalue weighted by molar-refractivity contribution is -0.146. The summed E-state index contributed by atoms with van der Waals surface area (Å²) in [5.74, 6) is -6.65. The van der Waals surface area contributed by atoms with Gasteiger partial charge in [-0.2, -0.15) is 8.42 Å². The first kappa shape index (κ1) is 79.9. The van der Waals surface area contributed by atoms with Crippen molar-refractivity contribution in [2.45, 2.75) is 202 Å². The summed E-state index contributed by atoms with van der Waals surface area (Å²) in [6.07, 6.45) is 4.73. The number of benzene rings is 2. The highest BCUT2D eigenvalue weighted by Crippen LogP contribution is 2.40. The van der Waals surface area contributed by atoms with E-state index < -0.39 is 163 Å². The number of β-amino-alcohol motifs (C(OH)–C–C–N with tert-alkyl or cyclic N) is 2. The summed E-state index contributed by atoms with van der Waals surface area (Å²) in [7, 11) is -5.21. The Morgan fingerprint density at radius 2 is 1.43 bits per heavy atom. The van der Waals surface area contributed by atoms with Crippen molar-refractivity contribution in [3.8, 4) is 33.2 Å². The number of ether oxygens (including phenoxy) is 1. The lowest BCUT2D eigenvalue weighted by atomic mass is 9.82. The second kappa shape index (κ2) is 37.1. The molecule has 2 aromatic carbocycles. The highest BCUT2D eigenvalue weighted by atomic mass is 32.3. The van der Waals surface area contributed by atoms with E-state index in [1.807, 2.05) is 36.7 Å². The van der Waals surface area contributed by atoms with Gasteiger partial charge in [0.25, 0.3) is 0 Å². The maximum atomic E-state index is 14.7. The molecular weight excluding hydrogens is 1380 g/mol. The first-order valence-electron chi connectivity index (χ1n) is 35.3. The summed E-state index contributed by atoms with van der Waals surface area (Å²) < 4.78 is 43.5. The fraction of sp³-hybridized carbons (Fsp3) is 0.647. The number of nitrogens with one attached hydrogen (secondary N) is 5. The van der Waals surface area contributed by atoms with Crippen LogP contribution in [0.3, 0.4) is 0 Å². The monoisotopic (exact) mass is 1480 g/mol. The van der Waals surface area contributed by atoms with E-state index in [0.29, 0.717) is 44.1 Å². The summed E-state index contributed by atoms with van der Waals surface area (Å²) >= 11 is 1.51. The van der Waals surface area contributed by atoms with Crippen molar-refractivity contribution in [3.63, 3.8) is 0 Å². The minimum atomic E-state index is -5.21. The third-order valence-corrected chi connectivity index (χ3v) is 21.7. The van der Waals surface area contributed by atoms with Gasteiger partial charge in [0.15, 0.2) is 11.5 Å². The lowest BCUT2D eigenvalue weighted by Gasteiger charge is -2.38. The summed E-state index contributed by atoms with van der Waals surface area (Å²) in [6.45, 7) is 4.00. The molecule has 3 aliphatic heterocycles. The zero-order valence-corrected chi connectivity index (χ0v) is 59.6. The summed E-state index contributed by atoms with van der Waals surface area (Å²) in [6, 6.07) is 1.43. The number of aromatic nitrogens is 4. The number of carbonyl (C=O) groups excluding carboxylic acids is 6. The van der Waals surface area contributed by atoms with Crippen LogP contribution in [0.25, 0.3) is 21.7 Å². The number of amides is 6. The van der Waals surface area contributed by atoms with Gasteiger partial charge >= 0.3 is 10.4 Å². The quantitative estimate of drug-likeness (QED) is 0.0149. The van der Waals surface area contributed by atoms with Crippen LogP contribution in [-0.4, -0.2) is 281 Å². The Morgan fingerprint density at radius 1 is 0.767 bits per heavy atom. The Balaban J connectivity index is 0.836. The van der Waals surface area contributed by atoms with Crippen LogP contribution in [0.15, 0.2) is 54.9 Å². The van der Waals surface area contributed by atoms with Gasteiger partial charge in [0.1, 0.15) is 40.4 Å². The molecule has 12 atom stereocenters. The molecule has 9 rings (SSSR count). The highest BCUT2D eigenvalue weighted by Gasteiger charge is 2.46. The van der Waals surface area contributed by atoms with Gasteiger partial charge in [-0.25, -0.2) is 9.97 Å². The largest absolute Gasteiger partial charge is 0.504 e. The van der Waals surface area contributed by atoms with Gasteiger partial charge in [-0.3, -0.25) is 38.2 Å². The SMILES string of the molecule is C[C@@H](O)[C@H](NC(=O)[C@H](C)N(C[C@H]1CC[C@H](c2nnc(-c3ccc(-c4cnc(N5CCC(OC6CCCCC6)CC5)nc4)cc3)s2)CC1)[C@@H](O)CNC=O)C(=O)N1C[C@H](O)C[C@H]1C(=O)N[C@H](C(=O)N[C@H](C(=O)N1C[C@@H](O)[C@@H](C)C1)[C@H](O)CCNC(CO)CO)[C@H](O)Cc1ccc(O)c(OS(=O)(=O)O)c1. The van der Waals surface area contributed by atoms with Crippen LogP contribution in [0.2, 0.25) is 0 Å². The standard InChI is InChI=1S/C68H99N13O20S2/c1-38-31-79(34-55(38)90)66(95)60(53(88)19-22-70-47(35-82)36-83)75-63(94)59(54(89)25-42-11-18-52(87)56(26-42)101-103(97,98)99)74-62(93)51-27-48(86)33-81(51)67(96)58(40(3)85)73-61(92)39(2)80(57(91)30-69-37-84)32-41-9-12-44(13-10-41)64-76-77-65(102-64)45-16-14-43(15-17-45)46-28-71-68(72-29-46)78-23-20-50(21-24-78)100-49-7-5-4-6-8-49/h11,14-18,26,28-29,37-41,44,47-51,53-55,57-60,70,82-83,85-91H,4-10,12-13,19-25,27,30-36H2,1-3H3,(H,69,84)(H,73,92)(H,74,93)(H,75,94)(H,97,98,99)/t38-,39-,40+,41-,44-,48+,51-,53+,54+,55+,57-,58-,59-,60-/m0/s1. The van der Waals surface area contributed by atoms with Crippen molar-refractivity contribution in [3.05, 3.63) is 65.4 Å². The van der Waals surface area contributed by atoms with E-state index in [-0.39, 0.29) is 62.6 Å². The highest BCUT2D eigenvalue weighted by molar-refractivity contribution is 7.81. The molecule has 4 aromatic rings. The number of anilines is 1. The maximum absolute atomic E-state index is 14.7. The first-order valence-corrected chi connectivity index (χ1v) is 37.5. The number of nitrogens with zero attached hydrogens (tertiary/aromatic N) is 8. The van der Waals surface area contributed by atoms with Gasteiger partial charge in [0.2, 0.25) is 41.9 Å². The van der Waals surface area contributed by atoms with Crippen LogP contribution in [0.4, 0.5) is 5.95 Å². The van der Waals surface area contributed by atoms with E-state index >= 15 is 0 Å². The van der Waals surface area contributed by atoms with Crippen LogP contribution in [-0.2, 0) is 50.3 Å². The van der Waals surface area contributed by atoms with Crippen molar-refractivity contribution >= 4 is 63.6 Å². The predicted octanol–water partition coefficient (Wildman–Crippen LogP) is -1.17. The number of phenolic OH excluding ortho intramolecular Hbond substituents is 1. The molecule has 2 saturated carbocycles.